The molecule has 1 atom stereocenters. The maximum atomic E-state index is 12.8. The molecular formula is C20H22F3N5O3. The molecule has 0 bridgehead atoms. The molecule has 1 aliphatic heterocycles. The number of anilines is 2. The molecule has 3 amide bonds. The third-order valence-electron chi connectivity index (χ3n) is 4.76. The van der Waals surface area contributed by atoms with Gasteiger partial charge in [0.25, 0.3) is 0 Å². The quantitative estimate of drug-likeness (QED) is 0.696. The molecule has 11 heteroatoms. The molecule has 0 aliphatic carbocycles. The molecule has 2 heterocycles. The summed E-state index contributed by atoms with van der Waals surface area (Å²) in [5.74, 6) is -1.38. The highest BCUT2D eigenvalue weighted by Crippen LogP contribution is 2.30. The zero-order chi connectivity index (χ0) is 22.6. The fraction of sp³-hybridized carbons (Fsp3) is 0.400. The number of halogens is 3. The van der Waals surface area contributed by atoms with Gasteiger partial charge in [-0.05, 0) is 24.6 Å². The van der Waals surface area contributed by atoms with Crippen molar-refractivity contribution in [3.63, 3.8) is 0 Å². The minimum Gasteiger partial charge on any atom is -0.342 e. The first-order chi connectivity index (χ1) is 14.7. The topological polar surface area (TPSA) is 96.3 Å². The van der Waals surface area contributed by atoms with Crippen LogP contribution in [0.3, 0.4) is 0 Å². The average molecular weight is 437 g/mol. The van der Waals surface area contributed by atoms with E-state index in [1.54, 1.807) is 4.90 Å². The fourth-order valence-electron chi connectivity index (χ4n) is 3.31. The van der Waals surface area contributed by atoms with E-state index in [4.69, 9.17) is 0 Å². The van der Waals surface area contributed by atoms with Crippen molar-refractivity contribution in [3.05, 3.63) is 42.2 Å². The molecule has 1 aromatic heterocycles. The van der Waals surface area contributed by atoms with Gasteiger partial charge in [-0.15, -0.1) is 0 Å². The second-order valence-electron chi connectivity index (χ2n) is 7.28. The normalized spacial score (nSPS) is 16.5. The van der Waals surface area contributed by atoms with Gasteiger partial charge in [0.15, 0.2) is 0 Å². The summed E-state index contributed by atoms with van der Waals surface area (Å²) in [6.45, 7) is 2.68. The molecule has 0 spiro atoms. The molecule has 1 aliphatic rings. The van der Waals surface area contributed by atoms with Gasteiger partial charge in [-0.2, -0.15) is 18.3 Å². The summed E-state index contributed by atoms with van der Waals surface area (Å²) in [4.78, 5) is 38.1. The second-order valence-corrected chi connectivity index (χ2v) is 7.28. The molecule has 0 unspecified atom stereocenters. The molecule has 1 saturated heterocycles. The van der Waals surface area contributed by atoms with Gasteiger partial charge >= 0.3 is 6.18 Å². The van der Waals surface area contributed by atoms with E-state index in [0.717, 1.165) is 18.6 Å². The fourth-order valence-corrected chi connectivity index (χ4v) is 3.31. The number of rotatable bonds is 7. The van der Waals surface area contributed by atoms with Gasteiger partial charge in [0.2, 0.25) is 17.7 Å². The van der Waals surface area contributed by atoms with E-state index in [-0.39, 0.29) is 30.5 Å². The summed E-state index contributed by atoms with van der Waals surface area (Å²) in [5, 5.41) is 9.04. The first-order valence-corrected chi connectivity index (χ1v) is 9.74. The summed E-state index contributed by atoms with van der Waals surface area (Å²) in [5.41, 5.74) is -0.487. The number of nitrogens with one attached hydrogen (secondary N) is 2. The lowest BCUT2D eigenvalue weighted by molar-refractivity contribution is -0.137. The van der Waals surface area contributed by atoms with Crippen LogP contribution in [0.2, 0.25) is 0 Å². The number of likely N-dealkylation sites (tertiary alicyclic amines) is 1. The number of aromatic nitrogens is 2. The molecule has 1 aromatic carbocycles. The Morgan fingerprint density at radius 3 is 2.71 bits per heavy atom. The molecule has 2 N–H and O–H groups in total. The zero-order valence-electron chi connectivity index (χ0n) is 16.8. The second kappa shape index (κ2) is 9.19. The molecule has 1 fully saturated rings. The smallest absolute Gasteiger partial charge is 0.342 e. The first kappa shape index (κ1) is 22.3. The van der Waals surface area contributed by atoms with Crippen LogP contribution in [0, 0.1) is 5.92 Å². The van der Waals surface area contributed by atoms with Crippen LogP contribution in [0.5, 0.6) is 0 Å². The van der Waals surface area contributed by atoms with Crippen LogP contribution in [0.25, 0.3) is 0 Å². The van der Waals surface area contributed by atoms with Crippen molar-refractivity contribution >= 4 is 29.1 Å². The minimum atomic E-state index is -4.51. The Balaban J connectivity index is 1.54. The molecule has 8 nitrogen and oxygen atoms in total. The number of alkyl halides is 3. The Morgan fingerprint density at radius 1 is 1.23 bits per heavy atom. The number of carbonyl (C=O) groups is 3. The van der Waals surface area contributed by atoms with Crippen molar-refractivity contribution in [2.45, 2.75) is 32.5 Å². The lowest BCUT2D eigenvalue weighted by atomic mass is 10.1. The van der Waals surface area contributed by atoms with Gasteiger partial charge in [0, 0.05) is 31.4 Å². The Kier molecular flexibility index (Phi) is 6.62. The van der Waals surface area contributed by atoms with E-state index in [1.807, 2.05) is 6.92 Å². The van der Waals surface area contributed by atoms with E-state index >= 15 is 0 Å². The van der Waals surface area contributed by atoms with Gasteiger partial charge in [0.1, 0.15) is 6.54 Å². The number of benzene rings is 1. The summed E-state index contributed by atoms with van der Waals surface area (Å²) in [6.07, 6.45) is -0.748. The largest absolute Gasteiger partial charge is 0.416 e. The van der Waals surface area contributed by atoms with Crippen molar-refractivity contribution in [3.8, 4) is 0 Å². The van der Waals surface area contributed by atoms with Crippen LogP contribution in [-0.2, 0) is 27.1 Å². The highest BCUT2D eigenvalue weighted by molar-refractivity contribution is 5.97. The van der Waals surface area contributed by atoms with Gasteiger partial charge < -0.3 is 15.5 Å². The van der Waals surface area contributed by atoms with E-state index in [1.165, 1.54) is 29.2 Å². The Bertz CT molecular complexity index is 973. The maximum Gasteiger partial charge on any atom is 0.416 e. The van der Waals surface area contributed by atoms with E-state index in [2.05, 4.69) is 15.7 Å². The zero-order valence-corrected chi connectivity index (χ0v) is 16.8. The number of hydrogen-bond donors (Lipinski definition) is 2. The number of carbonyl (C=O) groups excluding carboxylic acids is 3. The molecule has 3 rings (SSSR count). The Hall–Kier alpha value is -3.37. The minimum absolute atomic E-state index is 0.0167. The van der Waals surface area contributed by atoms with Crippen molar-refractivity contribution in [1.82, 2.24) is 14.7 Å². The number of amides is 3. The third-order valence-corrected chi connectivity index (χ3v) is 4.76. The highest BCUT2D eigenvalue weighted by atomic mass is 19.4. The van der Waals surface area contributed by atoms with Crippen LogP contribution in [0.15, 0.2) is 36.7 Å². The van der Waals surface area contributed by atoms with E-state index in [9.17, 15) is 27.6 Å². The molecule has 2 aromatic rings. The SMILES string of the molecule is CCCN1C[C@@H](C(=O)Nc2cnn(CC(=O)Nc3cccc(C(F)(F)F)c3)c2)CC1=O. The predicted octanol–water partition coefficient (Wildman–Crippen LogP) is 2.74. The van der Waals surface area contributed by atoms with Gasteiger partial charge in [-0.25, -0.2) is 0 Å². The Labute approximate surface area is 176 Å². The van der Waals surface area contributed by atoms with Gasteiger partial charge in [0.05, 0.1) is 23.4 Å². The first-order valence-electron chi connectivity index (χ1n) is 9.74. The predicted molar refractivity (Wildman–Crippen MR) is 106 cm³/mol. The molecule has 0 radical (unpaired) electrons. The van der Waals surface area contributed by atoms with E-state index in [0.29, 0.717) is 18.8 Å². The molecule has 166 valence electrons. The van der Waals surface area contributed by atoms with Crippen molar-refractivity contribution in [2.24, 2.45) is 5.92 Å². The summed E-state index contributed by atoms with van der Waals surface area (Å²) >= 11 is 0. The average Bonchev–Trinajstić information content (AvgIpc) is 3.28. The summed E-state index contributed by atoms with van der Waals surface area (Å²) < 4.78 is 39.6. The maximum absolute atomic E-state index is 12.8. The van der Waals surface area contributed by atoms with Crippen molar-refractivity contribution in [1.29, 1.82) is 0 Å². The standard InChI is InChI=1S/C20H22F3N5O3/c1-2-6-27-10-13(7-18(27)30)19(31)26-16-9-24-28(11-16)12-17(29)25-15-5-3-4-14(8-15)20(21,22)23/h3-5,8-9,11,13H,2,6-7,10,12H2,1H3,(H,25,29)(H,26,31)/t13-/m0/s1. The van der Waals surface area contributed by atoms with Crippen LogP contribution in [0.1, 0.15) is 25.3 Å². The lowest BCUT2D eigenvalue weighted by Crippen LogP contribution is -2.28. The van der Waals surface area contributed by atoms with Gasteiger partial charge in [-0.1, -0.05) is 13.0 Å². The van der Waals surface area contributed by atoms with Crippen LogP contribution < -0.4 is 10.6 Å². The number of nitrogens with zero attached hydrogens (tertiary/aromatic N) is 3. The summed E-state index contributed by atoms with van der Waals surface area (Å²) in [7, 11) is 0. The van der Waals surface area contributed by atoms with Crippen LogP contribution in [0.4, 0.5) is 24.5 Å². The van der Waals surface area contributed by atoms with Gasteiger partial charge in [-0.3, -0.25) is 19.1 Å². The molecule has 0 saturated carbocycles. The Morgan fingerprint density at radius 2 is 2.00 bits per heavy atom. The summed E-state index contributed by atoms with van der Waals surface area (Å²) in [6, 6.07) is 4.32. The van der Waals surface area contributed by atoms with Crippen molar-refractivity contribution < 1.29 is 27.6 Å². The highest BCUT2D eigenvalue weighted by Gasteiger charge is 2.34. The van der Waals surface area contributed by atoms with E-state index < -0.39 is 23.6 Å². The number of hydrogen-bond acceptors (Lipinski definition) is 4. The molecule has 31 heavy (non-hydrogen) atoms. The van der Waals surface area contributed by atoms with Crippen LogP contribution >= 0.6 is 0 Å². The monoisotopic (exact) mass is 437 g/mol. The van der Waals surface area contributed by atoms with Crippen LogP contribution in [-0.4, -0.2) is 45.5 Å². The third kappa shape index (κ3) is 5.83. The molecular weight excluding hydrogens is 415 g/mol. The lowest BCUT2D eigenvalue weighted by Gasteiger charge is -2.14. The van der Waals surface area contributed by atoms with Crippen molar-refractivity contribution in [2.75, 3.05) is 23.7 Å².